The molecule has 0 N–H and O–H groups in total. The Bertz CT molecular complexity index is 756. The molecule has 2 atom stereocenters. The molecule has 2 aromatic carbocycles. The minimum absolute atomic E-state index is 0.174. The molecule has 0 radical (unpaired) electrons. The number of carbonyl (C=O) groups excluding carboxylic acids is 3. The lowest BCUT2D eigenvalue weighted by atomic mass is 10.1. The Morgan fingerprint density at radius 1 is 0.920 bits per heavy atom. The zero-order valence-corrected chi connectivity index (χ0v) is 13.3. The summed E-state index contributed by atoms with van der Waals surface area (Å²) in [7, 11) is 0. The Balaban J connectivity index is 1.60. The summed E-state index contributed by atoms with van der Waals surface area (Å²) in [5.41, 5.74) is 0.729. The van der Waals surface area contributed by atoms with Crippen molar-refractivity contribution in [2.75, 3.05) is 13.2 Å². The van der Waals surface area contributed by atoms with Gasteiger partial charge in [-0.25, -0.2) is 9.59 Å². The second-order valence-corrected chi connectivity index (χ2v) is 5.47. The monoisotopic (exact) mass is 340 g/mol. The first-order valence-electron chi connectivity index (χ1n) is 7.77. The maximum absolute atomic E-state index is 12.1. The van der Waals surface area contributed by atoms with Crippen LogP contribution in [0.25, 0.3) is 0 Å². The number of carbonyl (C=O) groups is 3. The molecule has 1 aliphatic rings. The van der Waals surface area contributed by atoms with Crippen LogP contribution in [-0.2, 0) is 19.0 Å². The predicted octanol–water partition coefficient (Wildman–Crippen LogP) is 2.04. The van der Waals surface area contributed by atoms with E-state index in [9.17, 15) is 14.4 Å². The van der Waals surface area contributed by atoms with Crippen molar-refractivity contribution >= 4 is 17.7 Å². The molecule has 0 saturated carbocycles. The van der Waals surface area contributed by atoms with E-state index < -0.39 is 24.1 Å². The van der Waals surface area contributed by atoms with Crippen LogP contribution in [0.2, 0.25) is 0 Å². The quantitative estimate of drug-likeness (QED) is 0.775. The van der Waals surface area contributed by atoms with Crippen LogP contribution in [0.4, 0.5) is 0 Å². The molecule has 0 spiro atoms. The van der Waals surface area contributed by atoms with Gasteiger partial charge in [-0.05, 0) is 24.3 Å². The van der Waals surface area contributed by atoms with Gasteiger partial charge in [0.2, 0.25) is 5.78 Å². The first kappa shape index (κ1) is 16.9. The lowest BCUT2D eigenvalue weighted by molar-refractivity contribution is -0.124. The number of esters is 2. The molecule has 128 valence electrons. The summed E-state index contributed by atoms with van der Waals surface area (Å²) in [5, 5.41) is 0. The van der Waals surface area contributed by atoms with E-state index in [1.54, 1.807) is 60.7 Å². The number of Topliss-reactive ketones (excluding diaryl/α,β-unsaturated/α-hetero) is 1. The number of ketones is 1. The van der Waals surface area contributed by atoms with Crippen molar-refractivity contribution in [3.63, 3.8) is 0 Å². The van der Waals surface area contributed by atoms with Crippen molar-refractivity contribution < 1.29 is 28.6 Å². The third-order valence-electron chi connectivity index (χ3n) is 3.73. The number of hydrogen-bond acceptors (Lipinski definition) is 6. The Hall–Kier alpha value is -2.99. The molecule has 1 heterocycles. The molecule has 6 nitrogen and oxygen atoms in total. The molecule has 1 fully saturated rings. The van der Waals surface area contributed by atoms with Crippen LogP contribution in [0.15, 0.2) is 60.7 Å². The fourth-order valence-corrected chi connectivity index (χ4v) is 2.42. The van der Waals surface area contributed by atoms with Gasteiger partial charge >= 0.3 is 11.9 Å². The highest BCUT2D eigenvalue weighted by Gasteiger charge is 2.40. The highest BCUT2D eigenvalue weighted by molar-refractivity contribution is 5.94. The standard InChI is InChI=1S/C19H16O6/c20-15-11-23-16(12-24-18(21)13-7-3-1-4-8-13)17(15)25-19(22)14-9-5-2-6-10-14/h1-10,16-17H,11-12H2/t16-,17?/m1/s1. The minimum atomic E-state index is -1.09. The van der Waals surface area contributed by atoms with Gasteiger partial charge in [0, 0.05) is 0 Å². The highest BCUT2D eigenvalue weighted by atomic mass is 16.6. The predicted molar refractivity (Wildman–Crippen MR) is 87.1 cm³/mol. The number of rotatable bonds is 5. The van der Waals surface area contributed by atoms with Gasteiger partial charge < -0.3 is 14.2 Å². The van der Waals surface area contributed by atoms with Gasteiger partial charge in [-0.2, -0.15) is 0 Å². The lowest BCUT2D eigenvalue weighted by Gasteiger charge is -2.17. The average molecular weight is 340 g/mol. The molecular formula is C19H16O6. The first-order valence-corrected chi connectivity index (χ1v) is 7.77. The first-order chi connectivity index (χ1) is 12.1. The van der Waals surface area contributed by atoms with Gasteiger partial charge in [0.25, 0.3) is 0 Å². The number of benzene rings is 2. The molecule has 0 aliphatic carbocycles. The third-order valence-corrected chi connectivity index (χ3v) is 3.73. The van der Waals surface area contributed by atoms with Crippen molar-refractivity contribution in [1.82, 2.24) is 0 Å². The average Bonchev–Trinajstić information content (AvgIpc) is 3.01. The van der Waals surface area contributed by atoms with Crippen LogP contribution in [-0.4, -0.2) is 43.1 Å². The summed E-state index contributed by atoms with van der Waals surface area (Å²) in [6.45, 7) is -0.355. The Morgan fingerprint density at radius 3 is 2.08 bits per heavy atom. The van der Waals surface area contributed by atoms with Crippen molar-refractivity contribution in [2.24, 2.45) is 0 Å². The van der Waals surface area contributed by atoms with Crippen LogP contribution in [0.1, 0.15) is 20.7 Å². The molecule has 3 rings (SSSR count). The Labute approximate surface area is 144 Å². The highest BCUT2D eigenvalue weighted by Crippen LogP contribution is 2.17. The summed E-state index contributed by atoms with van der Waals surface area (Å²) < 4.78 is 15.7. The maximum Gasteiger partial charge on any atom is 0.338 e. The molecule has 0 aromatic heterocycles. The van der Waals surface area contributed by atoms with E-state index in [1.165, 1.54) is 0 Å². The smallest absolute Gasteiger partial charge is 0.338 e. The molecule has 1 unspecified atom stereocenters. The topological polar surface area (TPSA) is 78.9 Å². The zero-order valence-electron chi connectivity index (χ0n) is 13.3. The third kappa shape index (κ3) is 4.10. The fraction of sp³-hybridized carbons (Fsp3) is 0.211. The number of hydrogen-bond donors (Lipinski definition) is 0. The van der Waals surface area contributed by atoms with Crippen LogP contribution in [0, 0.1) is 0 Å². The van der Waals surface area contributed by atoms with Crippen LogP contribution in [0.3, 0.4) is 0 Å². The molecule has 1 aliphatic heterocycles. The van der Waals surface area contributed by atoms with E-state index >= 15 is 0 Å². The minimum Gasteiger partial charge on any atom is -0.459 e. The van der Waals surface area contributed by atoms with Crippen LogP contribution >= 0.6 is 0 Å². The molecular weight excluding hydrogens is 324 g/mol. The van der Waals surface area contributed by atoms with Gasteiger partial charge in [0.15, 0.2) is 6.10 Å². The summed E-state index contributed by atoms with van der Waals surface area (Å²) in [6.07, 6.45) is -1.90. The molecule has 1 saturated heterocycles. The van der Waals surface area contributed by atoms with Crippen LogP contribution in [0.5, 0.6) is 0 Å². The van der Waals surface area contributed by atoms with E-state index in [2.05, 4.69) is 0 Å². The van der Waals surface area contributed by atoms with Gasteiger partial charge in [-0.1, -0.05) is 36.4 Å². The summed E-state index contributed by atoms with van der Waals surface area (Å²) in [5.74, 6) is -1.51. The zero-order chi connectivity index (χ0) is 17.6. The fourth-order valence-electron chi connectivity index (χ4n) is 2.42. The van der Waals surface area contributed by atoms with Crippen molar-refractivity contribution in [3.05, 3.63) is 71.8 Å². The SMILES string of the molecule is O=C(OC[C@H]1OCC(=O)C1OC(=O)c1ccccc1)c1ccccc1. The Kier molecular flexibility index (Phi) is 5.20. The van der Waals surface area contributed by atoms with Crippen molar-refractivity contribution in [1.29, 1.82) is 0 Å². The van der Waals surface area contributed by atoms with Crippen LogP contribution < -0.4 is 0 Å². The normalized spacial score (nSPS) is 19.4. The summed E-state index contributed by atoms with van der Waals surface area (Å²) in [4.78, 5) is 36.0. The maximum atomic E-state index is 12.1. The Morgan fingerprint density at radius 2 is 1.48 bits per heavy atom. The molecule has 6 heteroatoms. The van der Waals surface area contributed by atoms with Gasteiger partial charge in [-0.3, -0.25) is 4.79 Å². The van der Waals surface area contributed by atoms with Gasteiger partial charge in [0.05, 0.1) is 11.1 Å². The molecule has 0 amide bonds. The molecule has 2 aromatic rings. The lowest BCUT2D eigenvalue weighted by Crippen LogP contribution is -2.36. The van der Waals surface area contributed by atoms with E-state index in [0.717, 1.165) is 0 Å². The van der Waals surface area contributed by atoms with Gasteiger partial charge in [0.1, 0.15) is 19.3 Å². The van der Waals surface area contributed by atoms with Gasteiger partial charge in [-0.15, -0.1) is 0 Å². The second kappa shape index (κ2) is 7.72. The summed E-state index contributed by atoms with van der Waals surface area (Å²) in [6, 6.07) is 16.8. The molecule has 0 bridgehead atoms. The second-order valence-electron chi connectivity index (χ2n) is 5.47. The molecule has 25 heavy (non-hydrogen) atoms. The largest absolute Gasteiger partial charge is 0.459 e. The van der Waals surface area contributed by atoms with E-state index in [1.807, 2.05) is 0 Å². The van der Waals surface area contributed by atoms with E-state index in [-0.39, 0.29) is 19.0 Å². The van der Waals surface area contributed by atoms with Crippen molar-refractivity contribution in [3.8, 4) is 0 Å². The summed E-state index contributed by atoms with van der Waals surface area (Å²) >= 11 is 0. The number of ether oxygens (including phenoxy) is 3. The van der Waals surface area contributed by atoms with Crippen molar-refractivity contribution in [2.45, 2.75) is 12.2 Å². The van der Waals surface area contributed by atoms with E-state index in [0.29, 0.717) is 11.1 Å². The van der Waals surface area contributed by atoms with E-state index in [4.69, 9.17) is 14.2 Å².